The zero-order valence-electron chi connectivity index (χ0n) is 16.5. The zero-order chi connectivity index (χ0) is 21.7. The highest BCUT2D eigenvalue weighted by molar-refractivity contribution is 6.05. The van der Waals surface area contributed by atoms with Crippen LogP contribution in [0.25, 0.3) is 0 Å². The molecule has 1 heterocycles. The van der Waals surface area contributed by atoms with Crippen molar-refractivity contribution in [1.29, 1.82) is 0 Å². The summed E-state index contributed by atoms with van der Waals surface area (Å²) in [4.78, 5) is 48.8. The SMILES string of the molecule is CC(C)CNC(=O)c1c(O)c(C(=O)NCC(=O)O)c(O)n(C2CCCCC2)c1=O. The molecule has 1 aromatic heterocycles. The summed E-state index contributed by atoms with van der Waals surface area (Å²) in [6.45, 7) is 3.18. The van der Waals surface area contributed by atoms with Crippen molar-refractivity contribution in [2.24, 2.45) is 5.92 Å². The van der Waals surface area contributed by atoms with Crippen LogP contribution >= 0.6 is 0 Å². The number of hydrogen-bond donors (Lipinski definition) is 5. The molecule has 10 nitrogen and oxygen atoms in total. The number of carboxylic acids is 1. The van der Waals surface area contributed by atoms with Crippen LogP contribution in [0.1, 0.15) is 72.7 Å². The molecule has 5 N–H and O–H groups in total. The summed E-state index contributed by atoms with van der Waals surface area (Å²) in [6.07, 6.45) is 3.74. The van der Waals surface area contributed by atoms with E-state index in [1.807, 2.05) is 19.2 Å². The number of carbonyl (C=O) groups is 3. The molecule has 0 aliphatic heterocycles. The summed E-state index contributed by atoms with van der Waals surface area (Å²) in [5, 5.41) is 34.5. The smallest absolute Gasteiger partial charge is 0.322 e. The Morgan fingerprint density at radius 1 is 1.03 bits per heavy atom. The Bertz CT molecular complexity index is 854. The molecular formula is C19H27N3O7. The number of aliphatic carboxylic acids is 1. The predicted molar refractivity (Wildman–Crippen MR) is 103 cm³/mol. The third-order valence-corrected chi connectivity index (χ3v) is 4.82. The summed E-state index contributed by atoms with van der Waals surface area (Å²) in [5.41, 5.74) is -2.22. The highest BCUT2D eigenvalue weighted by Crippen LogP contribution is 2.35. The van der Waals surface area contributed by atoms with Gasteiger partial charge in [0, 0.05) is 12.6 Å². The Hall–Kier alpha value is -3.04. The summed E-state index contributed by atoms with van der Waals surface area (Å²) in [7, 11) is 0. The van der Waals surface area contributed by atoms with E-state index in [2.05, 4.69) is 5.32 Å². The highest BCUT2D eigenvalue weighted by Gasteiger charge is 2.32. The average Bonchev–Trinajstić information content (AvgIpc) is 2.65. The molecule has 10 heteroatoms. The normalized spacial score (nSPS) is 14.6. The van der Waals surface area contributed by atoms with Gasteiger partial charge in [0.25, 0.3) is 17.4 Å². The number of nitrogens with one attached hydrogen (secondary N) is 2. The minimum atomic E-state index is -1.33. The van der Waals surface area contributed by atoms with E-state index in [-0.39, 0.29) is 12.5 Å². The molecule has 0 spiro atoms. The van der Waals surface area contributed by atoms with Gasteiger partial charge in [0.1, 0.15) is 17.7 Å². The fourth-order valence-corrected chi connectivity index (χ4v) is 3.39. The van der Waals surface area contributed by atoms with Gasteiger partial charge in [0.15, 0.2) is 5.75 Å². The number of hydrogen-bond acceptors (Lipinski definition) is 6. The predicted octanol–water partition coefficient (Wildman–Crippen LogP) is 0.965. The molecule has 29 heavy (non-hydrogen) atoms. The summed E-state index contributed by atoms with van der Waals surface area (Å²) >= 11 is 0. The molecule has 0 saturated heterocycles. The largest absolute Gasteiger partial charge is 0.506 e. The highest BCUT2D eigenvalue weighted by atomic mass is 16.4. The lowest BCUT2D eigenvalue weighted by molar-refractivity contribution is -0.135. The van der Waals surface area contributed by atoms with E-state index in [0.717, 1.165) is 23.8 Å². The lowest BCUT2D eigenvalue weighted by Gasteiger charge is -2.26. The van der Waals surface area contributed by atoms with Crippen LogP contribution in [-0.4, -0.2) is 50.8 Å². The average molecular weight is 409 g/mol. The van der Waals surface area contributed by atoms with Crippen LogP contribution in [0, 0.1) is 5.92 Å². The Labute approximate surface area is 167 Å². The van der Waals surface area contributed by atoms with Crippen molar-refractivity contribution in [3.8, 4) is 11.6 Å². The van der Waals surface area contributed by atoms with E-state index in [4.69, 9.17) is 5.11 Å². The van der Waals surface area contributed by atoms with Crippen molar-refractivity contribution >= 4 is 17.8 Å². The van der Waals surface area contributed by atoms with Crippen molar-refractivity contribution in [2.45, 2.75) is 52.0 Å². The first-order chi connectivity index (χ1) is 13.6. The topological polar surface area (TPSA) is 158 Å². The van der Waals surface area contributed by atoms with Crippen LogP contribution in [-0.2, 0) is 4.79 Å². The van der Waals surface area contributed by atoms with Gasteiger partial charge in [-0.1, -0.05) is 33.1 Å². The molecule has 2 rings (SSSR count). The molecule has 1 fully saturated rings. The number of rotatable bonds is 7. The Balaban J connectivity index is 2.60. The number of nitrogens with zero attached hydrogens (tertiary/aromatic N) is 1. The van der Waals surface area contributed by atoms with Crippen LogP contribution in [0.4, 0.5) is 0 Å². The van der Waals surface area contributed by atoms with E-state index in [0.29, 0.717) is 12.8 Å². The van der Waals surface area contributed by atoms with Crippen LogP contribution in [0.5, 0.6) is 11.6 Å². The number of aromatic hydroxyl groups is 2. The summed E-state index contributed by atoms with van der Waals surface area (Å²) in [6, 6.07) is -0.431. The number of aromatic nitrogens is 1. The van der Waals surface area contributed by atoms with Gasteiger partial charge in [-0.05, 0) is 18.8 Å². The van der Waals surface area contributed by atoms with Gasteiger partial charge >= 0.3 is 5.97 Å². The van der Waals surface area contributed by atoms with E-state index in [1.54, 1.807) is 0 Å². The van der Waals surface area contributed by atoms with E-state index in [1.165, 1.54) is 0 Å². The van der Waals surface area contributed by atoms with E-state index >= 15 is 0 Å². The fraction of sp³-hybridized carbons (Fsp3) is 0.579. The summed E-state index contributed by atoms with van der Waals surface area (Å²) in [5.74, 6) is -4.95. The van der Waals surface area contributed by atoms with E-state index < -0.39 is 58.7 Å². The van der Waals surface area contributed by atoms with Crippen LogP contribution in [0.3, 0.4) is 0 Å². The van der Waals surface area contributed by atoms with Crippen LogP contribution < -0.4 is 16.2 Å². The van der Waals surface area contributed by atoms with Gasteiger partial charge in [0.05, 0.1) is 0 Å². The number of carboxylic acid groups (broad SMARTS) is 1. The number of amides is 2. The van der Waals surface area contributed by atoms with Gasteiger partial charge < -0.3 is 26.0 Å². The second-order valence-corrected chi connectivity index (χ2v) is 7.57. The molecule has 1 aromatic rings. The maximum atomic E-state index is 13.0. The fourth-order valence-electron chi connectivity index (χ4n) is 3.39. The maximum Gasteiger partial charge on any atom is 0.322 e. The molecule has 0 radical (unpaired) electrons. The molecule has 1 saturated carbocycles. The maximum absolute atomic E-state index is 13.0. The van der Waals surface area contributed by atoms with Gasteiger partial charge in [-0.2, -0.15) is 0 Å². The lowest BCUT2D eigenvalue weighted by atomic mass is 9.94. The van der Waals surface area contributed by atoms with Gasteiger partial charge in [-0.25, -0.2) is 0 Å². The molecule has 0 unspecified atom stereocenters. The summed E-state index contributed by atoms with van der Waals surface area (Å²) < 4.78 is 0.971. The zero-order valence-corrected chi connectivity index (χ0v) is 16.5. The van der Waals surface area contributed by atoms with Crippen LogP contribution in [0.15, 0.2) is 4.79 Å². The molecule has 160 valence electrons. The minimum absolute atomic E-state index is 0.0807. The molecular weight excluding hydrogens is 382 g/mol. The second kappa shape index (κ2) is 9.44. The molecule has 0 bridgehead atoms. The first kappa shape index (κ1) is 22.3. The molecule has 2 amide bonds. The Morgan fingerprint density at radius 2 is 1.62 bits per heavy atom. The molecule has 1 aliphatic carbocycles. The van der Waals surface area contributed by atoms with Crippen molar-refractivity contribution in [3.63, 3.8) is 0 Å². The standard InChI is InChI=1S/C19H27N3O7/c1-10(2)8-20-16(26)13-15(25)14(17(27)21-9-12(23)24)19(29)22(18(13)28)11-6-4-3-5-7-11/h10-11,25,29H,3-9H2,1-2H3,(H,20,26)(H,21,27)(H,23,24). The van der Waals surface area contributed by atoms with Crippen molar-refractivity contribution in [3.05, 3.63) is 21.5 Å². The molecule has 1 aliphatic rings. The minimum Gasteiger partial charge on any atom is -0.506 e. The van der Waals surface area contributed by atoms with Crippen LogP contribution in [0.2, 0.25) is 0 Å². The third kappa shape index (κ3) is 5.07. The van der Waals surface area contributed by atoms with Gasteiger partial charge in [-0.15, -0.1) is 0 Å². The lowest BCUT2D eigenvalue weighted by Crippen LogP contribution is -2.38. The Kier molecular flexibility index (Phi) is 7.24. The third-order valence-electron chi connectivity index (χ3n) is 4.82. The first-order valence-electron chi connectivity index (χ1n) is 9.63. The second-order valence-electron chi connectivity index (χ2n) is 7.57. The van der Waals surface area contributed by atoms with Crippen molar-refractivity contribution < 1.29 is 29.7 Å². The van der Waals surface area contributed by atoms with Crippen molar-refractivity contribution in [2.75, 3.05) is 13.1 Å². The molecule has 0 atom stereocenters. The van der Waals surface area contributed by atoms with Crippen molar-refractivity contribution in [1.82, 2.24) is 15.2 Å². The van der Waals surface area contributed by atoms with Gasteiger partial charge in [0.2, 0.25) is 5.88 Å². The van der Waals surface area contributed by atoms with Gasteiger partial charge in [-0.3, -0.25) is 23.7 Å². The first-order valence-corrected chi connectivity index (χ1v) is 9.63. The number of carbonyl (C=O) groups excluding carboxylic acids is 2. The molecule has 0 aromatic carbocycles. The Morgan fingerprint density at radius 3 is 2.17 bits per heavy atom. The quantitative estimate of drug-likeness (QED) is 0.449. The number of pyridine rings is 1. The monoisotopic (exact) mass is 409 g/mol. The van der Waals surface area contributed by atoms with E-state index in [9.17, 15) is 29.4 Å².